The van der Waals surface area contributed by atoms with E-state index in [0.29, 0.717) is 50.2 Å². The van der Waals surface area contributed by atoms with Crippen LogP contribution in [0.25, 0.3) is 11.3 Å². The Morgan fingerprint density at radius 2 is 2.00 bits per heavy atom. The number of rotatable bonds is 7. The highest BCUT2D eigenvalue weighted by Crippen LogP contribution is 2.41. The van der Waals surface area contributed by atoms with Crippen molar-refractivity contribution in [2.45, 2.75) is 49.8 Å². The molecule has 1 aliphatic carbocycles. The number of nitrogens with one attached hydrogen (secondary N) is 1. The second-order valence-corrected chi connectivity index (χ2v) is 10.3. The molecule has 2 heterocycles. The molecule has 2 fully saturated rings. The summed E-state index contributed by atoms with van der Waals surface area (Å²) in [6.45, 7) is 1.86. The first-order chi connectivity index (χ1) is 18.4. The highest BCUT2D eigenvalue weighted by atomic mass is 19.1. The summed E-state index contributed by atoms with van der Waals surface area (Å²) < 4.78 is 35.1. The lowest BCUT2D eigenvalue weighted by Gasteiger charge is -2.41. The van der Waals surface area contributed by atoms with Gasteiger partial charge in [0.05, 0.1) is 24.7 Å². The van der Waals surface area contributed by atoms with Gasteiger partial charge in [-0.2, -0.15) is 0 Å². The molecule has 9 heteroatoms. The average molecular weight is 525 g/mol. The maximum Gasteiger partial charge on any atom is 0.275 e. The molecule has 2 aromatic carbocycles. The van der Waals surface area contributed by atoms with Crippen LogP contribution in [0.4, 0.5) is 8.78 Å². The molecule has 0 spiro atoms. The summed E-state index contributed by atoms with van der Waals surface area (Å²) in [6, 6.07) is 11.9. The fourth-order valence-electron chi connectivity index (χ4n) is 5.94. The fourth-order valence-corrected chi connectivity index (χ4v) is 5.94. The number of nitrogens with zero attached hydrogens (tertiary/aromatic N) is 3. The molecular weight excluding hydrogens is 490 g/mol. The van der Waals surface area contributed by atoms with Gasteiger partial charge in [0.25, 0.3) is 5.91 Å². The third-order valence-electron chi connectivity index (χ3n) is 7.78. The summed E-state index contributed by atoms with van der Waals surface area (Å²) in [5.74, 6) is -0.964. The number of carbonyl (C=O) groups excluding carboxylic acids is 1. The number of halogens is 2. The van der Waals surface area contributed by atoms with Gasteiger partial charge in [0.1, 0.15) is 17.2 Å². The maximum absolute atomic E-state index is 14.4. The number of ether oxygens (including phenoxy) is 1. The second kappa shape index (κ2) is 11.3. The molecule has 2 N–H and O–H groups in total. The number of hydrogen-bond donors (Lipinski definition) is 2. The molecule has 3 aromatic rings. The average Bonchev–Trinajstić information content (AvgIpc) is 3.35. The van der Waals surface area contributed by atoms with Crippen LogP contribution in [0.15, 0.2) is 54.9 Å². The Morgan fingerprint density at radius 1 is 1.18 bits per heavy atom. The van der Waals surface area contributed by atoms with E-state index in [1.165, 1.54) is 24.3 Å². The van der Waals surface area contributed by atoms with Gasteiger partial charge in [0, 0.05) is 38.3 Å². The zero-order valence-corrected chi connectivity index (χ0v) is 21.6. The molecule has 1 amide bonds. The zero-order chi connectivity index (χ0) is 26.7. The Hall–Kier alpha value is -3.14. The number of piperazine rings is 1. The largest absolute Gasteiger partial charge is 0.385 e. The molecular formula is C29H34F2N4O3. The first kappa shape index (κ1) is 26.5. The van der Waals surface area contributed by atoms with Crippen molar-refractivity contribution in [3.8, 4) is 11.3 Å². The van der Waals surface area contributed by atoms with Crippen LogP contribution in [0.2, 0.25) is 0 Å². The Morgan fingerprint density at radius 3 is 2.76 bits per heavy atom. The SMILES string of the molecule is COC[C@]1(O)CCCC[C@H]1n1cnc(C(=O)N2CCNC[C@H]2Cc2ccc(F)cc2)c1-c1cccc(F)c1. The number of aliphatic hydroxyl groups is 1. The molecule has 7 nitrogen and oxygen atoms in total. The van der Waals surface area contributed by atoms with E-state index in [9.17, 15) is 18.7 Å². The second-order valence-electron chi connectivity index (χ2n) is 10.3. The van der Waals surface area contributed by atoms with E-state index in [1.807, 2.05) is 4.57 Å². The molecule has 3 atom stereocenters. The van der Waals surface area contributed by atoms with Gasteiger partial charge in [0.15, 0.2) is 5.69 Å². The molecule has 1 saturated heterocycles. The van der Waals surface area contributed by atoms with Crippen LogP contribution in [-0.2, 0) is 11.2 Å². The summed E-state index contributed by atoms with van der Waals surface area (Å²) >= 11 is 0. The molecule has 1 aromatic heterocycles. The lowest BCUT2D eigenvalue weighted by Crippen LogP contribution is -2.54. The van der Waals surface area contributed by atoms with Crippen LogP contribution >= 0.6 is 0 Å². The molecule has 38 heavy (non-hydrogen) atoms. The smallest absolute Gasteiger partial charge is 0.275 e. The van der Waals surface area contributed by atoms with Crippen LogP contribution in [0.3, 0.4) is 0 Å². The van der Waals surface area contributed by atoms with Gasteiger partial charge >= 0.3 is 0 Å². The van der Waals surface area contributed by atoms with Gasteiger partial charge in [-0.05, 0) is 49.1 Å². The number of amides is 1. The first-order valence-electron chi connectivity index (χ1n) is 13.2. The van der Waals surface area contributed by atoms with E-state index in [1.54, 1.807) is 42.6 Å². The minimum absolute atomic E-state index is 0.152. The van der Waals surface area contributed by atoms with Crippen molar-refractivity contribution in [3.63, 3.8) is 0 Å². The third-order valence-corrected chi connectivity index (χ3v) is 7.78. The van der Waals surface area contributed by atoms with E-state index < -0.39 is 11.4 Å². The zero-order valence-electron chi connectivity index (χ0n) is 21.6. The Bertz CT molecular complexity index is 1260. The first-order valence-corrected chi connectivity index (χ1v) is 13.2. The predicted molar refractivity (Wildman–Crippen MR) is 140 cm³/mol. The minimum atomic E-state index is -1.13. The summed E-state index contributed by atoms with van der Waals surface area (Å²) in [5.41, 5.74) is 1.06. The van der Waals surface area contributed by atoms with E-state index in [0.717, 1.165) is 18.4 Å². The monoisotopic (exact) mass is 524 g/mol. The van der Waals surface area contributed by atoms with Crippen LogP contribution in [0.5, 0.6) is 0 Å². The van der Waals surface area contributed by atoms with Crippen molar-refractivity contribution in [1.29, 1.82) is 0 Å². The lowest BCUT2D eigenvalue weighted by molar-refractivity contribution is -0.0893. The number of imidazole rings is 1. The Balaban J connectivity index is 1.54. The van der Waals surface area contributed by atoms with Crippen LogP contribution in [0.1, 0.15) is 47.8 Å². The van der Waals surface area contributed by atoms with Crippen molar-refractivity contribution in [2.24, 2.45) is 0 Å². The van der Waals surface area contributed by atoms with Crippen molar-refractivity contribution >= 4 is 5.91 Å². The van der Waals surface area contributed by atoms with E-state index >= 15 is 0 Å². The number of carbonyl (C=O) groups is 1. The fraction of sp³-hybridized carbons (Fsp3) is 0.448. The predicted octanol–water partition coefficient (Wildman–Crippen LogP) is 3.98. The highest BCUT2D eigenvalue weighted by molar-refractivity contribution is 5.98. The molecule has 0 unspecified atom stereocenters. The van der Waals surface area contributed by atoms with E-state index in [2.05, 4.69) is 10.3 Å². The highest BCUT2D eigenvalue weighted by Gasteiger charge is 2.42. The molecule has 5 rings (SSSR count). The number of aromatic nitrogens is 2. The number of hydrogen-bond acceptors (Lipinski definition) is 5. The normalized spacial score (nSPS) is 23.9. The van der Waals surface area contributed by atoms with E-state index in [4.69, 9.17) is 4.74 Å². The minimum Gasteiger partial charge on any atom is -0.385 e. The van der Waals surface area contributed by atoms with Crippen molar-refractivity contribution < 1.29 is 23.4 Å². The standard InChI is InChI=1S/C29H34F2N4O3/c1-38-18-29(37)12-3-2-7-25(29)35-19-33-26(27(35)21-5-4-6-23(31)16-21)28(36)34-14-13-32-17-24(34)15-20-8-10-22(30)11-9-20/h4-6,8-11,16,19,24-25,32,37H,2-3,7,12-15,17-18H2,1H3/t24-,25-,29-/m1/s1. The van der Waals surface area contributed by atoms with Gasteiger partial charge in [0.2, 0.25) is 0 Å². The molecule has 202 valence electrons. The van der Waals surface area contributed by atoms with Gasteiger partial charge in [-0.1, -0.05) is 37.1 Å². The van der Waals surface area contributed by atoms with Gasteiger partial charge < -0.3 is 24.6 Å². The summed E-state index contributed by atoms with van der Waals surface area (Å²) in [5, 5.41) is 14.9. The van der Waals surface area contributed by atoms with Crippen molar-refractivity contribution in [1.82, 2.24) is 19.8 Å². The third kappa shape index (κ3) is 5.36. The van der Waals surface area contributed by atoms with E-state index in [-0.39, 0.29) is 36.1 Å². The quantitative estimate of drug-likeness (QED) is 0.489. The number of methoxy groups -OCH3 is 1. The van der Waals surface area contributed by atoms with Gasteiger partial charge in [-0.15, -0.1) is 0 Å². The van der Waals surface area contributed by atoms with Crippen molar-refractivity contribution in [2.75, 3.05) is 33.4 Å². The lowest BCUT2D eigenvalue weighted by atomic mass is 9.80. The molecule has 1 aliphatic heterocycles. The van der Waals surface area contributed by atoms with Crippen molar-refractivity contribution in [3.05, 3.63) is 77.8 Å². The Kier molecular flexibility index (Phi) is 7.88. The topological polar surface area (TPSA) is 79.6 Å². The Labute approximate surface area is 221 Å². The molecule has 2 aliphatic rings. The maximum atomic E-state index is 14.4. The van der Waals surface area contributed by atoms with Crippen LogP contribution in [0, 0.1) is 11.6 Å². The number of benzene rings is 2. The van der Waals surface area contributed by atoms with Crippen LogP contribution < -0.4 is 5.32 Å². The van der Waals surface area contributed by atoms with Gasteiger partial charge in [-0.25, -0.2) is 13.8 Å². The summed E-state index contributed by atoms with van der Waals surface area (Å²) in [4.78, 5) is 20.5. The molecule has 1 saturated carbocycles. The van der Waals surface area contributed by atoms with Crippen LogP contribution in [-0.4, -0.2) is 70.5 Å². The molecule has 0 radical (unpaired) electrons. The van der Waals surface area contributed by atoms with Gasteiger partial charge in [-0.3, -0.25) is 4.79 Å². The summed E-state index contributed by atoms with van der Waals surface area (Å²) in [6.07, 6.45) is 5.20. The summed E-state index contributed by atoms with van der Waals surface area (Å²) in [7, 11) is 1.56. The molecule has 0 bridgehead atoms.